The molecule has 0 unspecified atom stereocenters. The number of aromatic nitrogens is 3. The minimum atomic E-state index is -3.88. The van der Waals surface area contributed by atoms with Crippen LogP contribution in [0.5, 0.6) is 0 Å². The SMILES string of the molecule is CCOCCn1c(C(C)C)nnc1S(=O)(=O)Cl. The van der Waals surface area contributed by atoms with Crippen LogP contribution in [-0.4, -0.2) is 36.4 Å². The van der Waals surface area contributed by atoms with E-state index >= 15 is 0 Å². The van der Waals surface area contributed by atoms with Crippen molar-refractivity contribution >= 4 is 19.7 Å². The number of hydrogen-bond donors (Lipinski definition) is 0. The zero-order valence-electron chi connectivity index (χ0n) is 10.1. The third-order valence-electron chi connectivity index (χ3n) is 2.14. The summed E-state index contributed by atoms with van der Waals surface area (Å²) in [6.45, 7) is 7.03. The number of hydrogen-bond acceptors (Lipinski definition) is 5. The van der Waals surface area contributed by atoms with E-state index in [9.17, 15) is 8.42 Å². The van der Waals surface area contributed by atoms with Gasteiger partial charge in [0.2, 0.25) is 0 Å². The molecule has 0 spiro atoms. The maximum absolute atomic E-state index is 11.3. The fourth-order valence-corrected chi connectivity index (χ4v) is 2.35. The van der Waals surface area contributed by atoms with Gasteiger partial charge in [-0.1, -0.05) is 13.8 Å². The molecule has 0 atom stereocenters. The van der Waals surface area contributed by atoms with Crippen LogP contribution in [0.25, 0.3) is 0 Å². The Bertz CT molecular complexity index is 470. The fourth-order valence-electron chi connectivity index (χ4n) is 1.42. The predicted molar refractivity (Wildman–Crippen MR) is 63.6 cm³/mol. The van der Waals surface area contributed by atoms with Gasteiger partial charge in [0.25, 0.3) is 14.2 Å². The van der Waals surface area contributed by atoms with Crippen molar-refractivity contribution in [2.75, 3.05) is 13.2 Å². The molecular weight excluding hydrogens is 266 g/mol. The average Bonchev–Trinajstić information content (AvgIpc) is 2.61. The lowest BCUT2D eigenvalue weighted by atomic mass is 10.2. The lowest BCUT2D eigenvalue weighted by Gasteiger charge is -2.10. The quantitative estimate of drug-likeness (QED) is 0.581. The molecule has 0 aliphatic heterocycles. The highest BCUT2D eigenvalue weighted by Crippen LogP contribution is 2.19. The van der Waals surface area contributed by atoms with E-state index in [0.717, 1.165) is 0 Å². The highest BCUT2D eigenvalue weighted by Gasteiger charge is 2.23. The standard InChI is InChI=1S/C9H16ClN3O3S/c1-4-16-6-5-13-8(7(2)3)11-12-9(13)17(10,14)15/h7H,4-6H2,1-3H3. The fraction of sp³-hybridized carbons (Fsp3) is 0.778. The molecule has 1 aromatic rings. The maximum Gasteiger partial charge on any atom is 0.296 e. The van der Waals surface area contributed by atoms with Crippen LogP contribution in [-0.2, 0) is 20.3 Å². The second kappa shape index (κ2) is 5.79. The third kappa shape index (κ3) is 3.65. The monoisotopic (exact) mass is 281 g/mol. The molecule has 17 heavy (non-hydrogen) atoms. The average molecular weight is 282 g/mol. The Labute approximate surface area is 105 Å². The first-order valence-electron chi connectivity index (χ1n) is 5.33. The van der Waals surface area contributed by atoms with Gasteiger partial charge >= 0.3 is 0 Å². The van der Waals surface area contributed by atoms with Crippen molar-refractivity contribution in [2.24, 2.45) is 0 Å². The van der Waals surface area contributed by atoms with Crippen molar-refractivity contribution in [3.05, 3.63) is 5.82 Å². The first kappa shape index (κ1) is 14.4. The molecule has 1 rings (SSSR count). The summed E-state index contributed by atoms with van der Waals surface area (Å²) < 4.78 is 29.3. The molecule has 0 N–H and O–H groups in total. The van der Waals surface area contributed by atoms with E-state index in [0.29, 0.717) is 25.6 Å². The lowest BCUT2D eigenvalue weighted by Crippen LogP contribution is -2.14. The van der Waals surface area contributed by atoms with E-state index in [1.807, 2.05) is 20.8 Å². The Balaban J connectivity index is 3.07. The first-order chi connectivity index (χ1) is 7.88. The molecule has 0 aliphatic carbocycles. The molecule has 0 aliphatic rings. The Morgan fingerprint density at radius 2 is 2.06 bits per heavy atom. The van der Waals surface area contributed by atoms with Crippen molar-refractivity contribution in [3.63, 3.8) is 0 Å². The number of halogens is 1. The van der Waals surface area contributed by atoms with E-state index in [4.69, 9.17) is 15.4 Å². The molecular formula is C9H16ClN3O3S. The molecule has 0 amide bonds. The van der Waals surface area contributed by atoms with Crippen LogP contribution >= 0.6 is 10.7 Å². The van der Waals surface area contributed by atoms with Gasteiger partial charge in [0, 0.05) is 29.8 Å². The minimum Gasteiger partial charge on any atom is -0.380 e. The maximum atomic E-state index is 11.3. The Hall–Kier alpha value is -0.660. The van der Waals surface area contributed by atoms with Crippen molar-refractivity contribution in [1.29, 1.82) is 0 Å². The third-order valence-corrected chi connectivity index (χ3v) is 3.30. The summed E-state index contributed by atoms with van der Waals surface area (Å²) >= 11 is 0. The van der Waals surface area contributed by atoms with Crippen LogP contribution in [0.3, 0.4) is 0 Å². The van der Waals surface area contributed by atoms with Crippen LogP contribution in [0.1, 0.15) is 32.5 Å². The molecule has 98 valence electrons. The Morgan fingerprint density at radius 3 is 2.53 bits per heavy atom. The van der Waals surface area contributed by atoms with Gasteiger partial charge in [-0.3, -0.25) is 4.57 Å². The van der Waals surface area contributed by atoms with Crippen molar-refractivity contribution in [2.45, 2.75) is 38.4 Å². The number of rotatable bonds is 6. The summed E-state index contributed by atoms with van der Waals surface area (Å²) in [4.78, 5) is 0. The van der Waals surface area contributed by atoms with Crippen molar-refractivity contribution in [3.8, 4) is 0 Å². The molecule has 6 nitrogen and oxygen atoms in total. The first-order valence-corrected chi connectivity index (χ1v) is 7.64. The van der Waals surface area contributed by atoms with Crippen LogP contribution < -0.4 is 0 Å². The molecule has 1 heterocycles. The second-order valence-electron chi connectivity index (χ2n) is 3.78. The summed E-state index contributed by atoms with van der Waals surface area (Å²) in [7, 11) is 1.43. The highest BCUT2D eigenvalue weighted by atomic mass is 35.7. The molecule has 0 saturated heterocycles. The Morgan fingerprint density at radius 1 is 1.41 bits per heavy atom. The molecule has 8 heteroatoms. The van der Waals surface area contributed by atoms with Gasteiger partial charge in [-0.2, -0.15) is 0 Å². The smallest absolute Gasteiger partial charge is 0.296 e. The van der Waals surface area contributed by atoms with E-state index < -0.39 is 9.05 Å². The molecule has 0 fully saturated rings. The lowest BCUT2D eigenvalue weighted by molar-refractivity contribution is 0.136. The zero-order valence-corrected chi connectivity index (χ0v) is 11.6. The normalized spacial score (nSPS) is 12.3. The van der Waals surface area contributed by atoms with Gasteiger partial charge in [0.1, 0.15) is 5.82 Å². The van der Waals surface area contributed by atoms with E-state index in [2.05, 4.69) is 10.2 Å². The summed E-state index contributed by atoms with van der Waals surface area (Å²) in [6, 6.07) is 0. The summed E-state index contributed by atoms with van der Waals surface area (Å²) in [5.74, 6) is 0.653. The summed E-state index contributed by atoms with van der Waals surface area (Å²) in [5, 5.41) is 7.26. The van der Waals surface area contributed by atoms with E-state index in [1.54, 1.807) is 0 Å². The van der Waals surface area contributed by atoms with Crippen LogP contribution in [0.15, 0.2) is 5.16 Å². The predicted octanol–water partition coefficient (Wildman–Crippen LogP) is 1.37. The second-order valence-corrected chi connectivity index (χ2v) is 6.24. The summed E-state index contributed by atoms with van der Waals surface area (Å²) in [5.41, 5.74) is 0. The van der Waals surface area contributed by atoms with Gasteiger partial charge in [-0.05, 0) is 6.92 Å². The molecule has 1 aromatic heterocycles. The van der Waals surface area contributed by atoms with Crippen LogP contribution in [0, 0.1) is 0 Å². The largest absolute Gasteiger partial charge is 0.380 e. The Kier molecular flexibility index (Phi) is 4.91. The summed E-state index contributed by atoms with van der Waals surface area (Å²) in [6.07, 6.45) is 0. The van der Waals surface area contributed by atoms with E-state index in [1.165, 1.54) is 4.57 Å². The van der Waals surface area contributed by atoms with Gasteiger partial charge < -0.3 is 4.74 Å². The minimum absolute atomic E-state index is 0.0660. The topological polar surface area (TPSA) is 74.1 Å². The van der Waals surface area contributed by atoms with Crippen molar-refractivity contribution in [1.82, 2.24) is 14.8 Å². The van der Waals surface area contributed by atoms with Gasteiger partial charge in [0.05, 0.1) is 6.61 Å². The molecule has 0 radical (unpaired) electrons. The van der Waals surface area contributed by atoms with Crippen molar-refractivity contribution < 1.29 is 13.2 Å². The molecule has 0 bridgehead atoms. The zero-order chi connectivity index (χ0) is 13.1. The number of nitrogens with zero attached hydrogens (tertiary/aromatic N) is 3. The number of ether oxygens (including phenoxy) is 1. The van der Waals surface area contributed by atoms with Gasteiger partial charge in [0.15, 0.2) is 0 Å². The van der Waals surface area contributed by atoms with Gasteiger partial charge in [-0.25, -0.2) is 8.42 Å². The highest BCUT2D eigenvalue weighted by molar-refractivity contribution is 8.13. The van der Waals surface area contributed by atoms with E-state index in [-0.39, 0.29) is 11.1 Å². The van der Waals surface area contributed by atoms with Crippen LogP contribution in [0.4, 0.5) is 0 Å². The molecule has 0 aromatic carbocycles. The van der Waals surface area contributed by atoms with Gasteiger partial charge in [-0.15, -0.1) is 10.2 Å². The van der Waals surface area contributed by atoms with Crippen LogP contribution in [0.2, 0.25) is 0 Å². The molecule has 0 saturated carbocycles.